The molecule has 0 saturated heterocycles. The minimum absolute atomic E-state index is 0.0579. The lowest BCUT2D eigenvalue weighted by Gasteiger charge is -2.08. The van der Waals surface area contributed by atoms with Gasteiger partial charge in [0.2, 0.25) is 6.29 Å². The highest BCUT2D eigenvalue weighted by Gasteiger charge is 2.09. The van der Waals surface area contributed by atoms with Crippen molar-refractivity contribution >= 4 is 0 Å². The van der Waals surface area contributed by atoms with Gasteiger partial charge in [-0.05, 0) is 7.05 Å². The average molecular weight is 129 g/mol. The fourth-order valence-corrected chi connectivity index (χ4v) is 0.670. The largest absolute Gasteiger partial charge is 0.459 e. The van der Waals surface area contributed by atoms with Gasteiger partial charge in [-0.25, -0.2) is 0 Å². The summed E-state index contributed by atoms with van der Waals surface area (Å²) >= 11 is 0. The van der Waals surface area contributed by atoms with Crippen molar-refractivity contribution in [3.63, 3.8) is 0 Å². The Kier molecular flexibility index (Phi) is 2.39. The van der Waals surface area contributed by atoms with Crippen LogP contribution in [0.1, 0.15) is 6.42 Å². The molecule has 0 aromatic rings. The minimum atomic E-state index is -0.0579. The molecule has 3 nitrogen and oxygen atoms in total. The summed E-state index contributed by atoms with van der Waals surface area (Å²) in [6.45, 7) is 0.923. The zero-order chi connectivity index (χ0) is 6.53. The van der Waals surface area contributed by atoms with Gasteiger partial charge in [0.15, 0.2) is 0 Å². The van der Waals surface area contributed by atoms with E-state index in [9.17, 15) is 0 Å². The lowest BCUT2D eigenvalue weighted by molar-refractivity contribution is -0.0269. The predicted molar refractivity (Wildman–Crippen MR) is 33.6 cm³/mol. The van der Waals surface area contributed by atoms with Gasteiger partial charge in [0.05, 0.1) is 0 Å². The molecule has 1 aliphatic rings. The summed E-state index contributed by atoms with van der Waals surface area (Å²) in [4.78, 5) is 0. The molecule has 0 aliphatic carbocycles. The monoisotopic (exact) mass is 129 g/mol. The first-order valence-corrected chi connectivity index (χ1v) is 3.04. The van der Waals surface area contributed by atoms with E-state index in [1.165, 1.54) is 0 Å². The smallest absolute Gasteiger partial charge is 0.240 e. The molecular weight excluding hydrogens is 118 g/mol. The lowest BCUT2D eigenvalue weighted by atomic mass is 10.4. The molecule has 0 fully saturated rings. The van der Waals surface area contributed by atoms with Crippen molar-refractivity contribution in [2.24, 2.45) is 0 Å². The third-order valence-electron chi connectivity index (χ3n) is 1.15. The summed E-state index contributed by atoms with van der Waals surface area (Å²) in [5, 5.41) is 3.01. The van der Waals surface area contributed by atoms with Crippen molar-refractivity contribution in [2.45, 2.75) is 12.7 Å². The highest BCUT2D eigenvalue weighted by molar-refractivity contribution is 4.70. The third-order valence-corrected chi connectivity index (χ3v) is 1.15. The van der Waals surface area contributed by atoms with Crippen molar-refractivity contribution in [3.05, 3.63) is 12.5 Å². The van der Waals surface area contributed by atoms with Gasteiger partial charge in [-0.3, -0.25) is 0 Å². The van der Waals surface area contributed by atoms with Crippen molar-refractivity contribution in [2.75, 3.05) is 13.6 Å². The van der Waals surface area contributed by atoms with Crippen LogP contribution in [-0.4, -0.2) is 19.9 Å². The summed E-state index contributed by atoms with van der Waals surface area (Å²) in [5.74, 6) is 0. The molecule has 52 valence electrons. The molecule has 1 aliphatic heterocycles. The van der Waals surface area contributed by atoms with Crippen LogP contribution in [0, 0.1) is 0 Å². The second kappa shape index (κ2) is 3.35. The van der Waals surface area contributed by atoms with E-state index in [-0.39, 0.29) is 6.29 Å². The van der Waals surface area contributed by atoms with Gasteiger partial charge in [0.1, 0.15) is 12.5 Å². The second-order valence-electron chi connectivity index (χ2n) is 1.87. The van der Waals surface area contributed by atoms with E-state index in [0.29, 0.717) is 0 Å². The molecule has 0 spiro atoms. The van der Waals surface area contributed by atoms with Crippen LogP contribution in [-0.2, 0) is 9.47 Å². The van der Waals surface area contributed by atoms with E-state index in [1.807, 2.05) is 7.05 Å². The summed E-state index contributed by atoms with van der Waals surface area (Å²) in [6, 6.07) is 0. The number of ether oxygens (including phenoxy) is 2. The topological polar surface area (TPSA) is 30.5 Å². The van der Waals surface area contributed by atoms with Gasteiger partial charge >= 0.3 is 0 Å². The number of hydrogen-bond donors (Lipinski definition) is 1. The Morgan fingerprint density at radius 1 is 1.44 bits per heavy atom. The minimum Gasteiger partial charge on any atom is -0.459 e. The Bertz CT molecular complexity index is 95.2. The predicted octanol–water partition coefficient (Wildman–Crippen LogP) is 0.440. The SMILES string of the molecule is CNCCC1OC=CO1. The molecule has 0 saturated carbocycles. The van der Waals surface area contributed by atoms with Crippen LogP contribution >= 0.6 is 0 Å². The van der Waals surface area contributed by atoms with Crippen LogP contribution in [0.2, 0.25) is 0 Å². The Labute approximate surface area is 54.6 Å². The molecule has 0 radical (unpaired) electrons. The van der Waals surface area contributed by atoms with Crippen molar-refractivity contribution in [1.82, 2.24) is 5.32 Å². The molecular formula is C6H11NO2. The molecule has 0 aromatic heterocycles. The Hall–Kier alpha value is -0.700. The average Bonchev–Trinajstić information content (AvgIpc) is 2.34. The molecule has 1 N–H and O–H groups in total. The van der Waals surface area contributed by atoms with Gasteiger partial charge < -0.3 is 14.8 Å². The van der Waals surface area contributed by atoms with E-state index in [1.54, 1.807) is 12.5 Å². The molecule has 1 rings (SSSR count). The first-order valence-electron chi connectivity index (χ1n) is 3.04. The number of rotatable bonds is 3. The fourth-order valence-electron chi connectivity index (χ4n) is 0.670. The van der Waals surface area contributed by atoms with E-state index in [0.717, 1.165) is 13.0 Å². The number of nitrogens with one attached hydrogen (secondary N) is 1. The van der Waals surface area contributed by atoms with Crippen molar-refractivity contribution < 1.29 is 9.47 Å². The Balaban J connectivity index is 2.01. The lowest BCUT2D eigenvalue weighted by Crippen LogP contribution is -2.16. The maximum absolute atomic E-state index is 5.01. The standard InChI is InChI=1S/C6H11NO2/c1-7-3-2-6-8-4-5-9-6/h4-7H,2-3H2,1H3. The van der Waals surface area contributed by atoms with Crippen LogP contribution < -0.4 is 5.32 Å². The molecule has 9 heavy (non-hydrogen) atoms. The zero-order valence-corrected chi connectivity index (χ0v) is 5.46. The van der Waals surface area contributed by atoms with Crippen LogP contribution in [0.4, 0.5) is 0 Å². The van der Waals surface area contributed by atoms with Crippen LogP contribution in [0.25, 0.3) is 0 Å². The summed E-state index contributed by atoms with van der Waals surface area (Å²) in [6.07, 6.45) is 3.97. The molecule has 1 heterocycles. The number of hydrogen-bond acceptors (Lipinski definition) is 3. The summed E-state index contributed by atoms with van der Waals surface area (Å²) in [5.41, 5.74) is 0. The van der Waals surface area contributed by atoms with Gasteiger partial charge in [-0.15, -0.1) is 0 Å². The molecule has 0 aromatic carbocycles. The maximum Gasteiger partial charge on any atom is 0.240 e. The third kappa shape index (κ3) is 1.93. The van der Waals surface area contributed by atoms with E-state index in [4.69, 9.17) is 9.47 Å². The van der Waals surface area contributed by atoms with Crippen LogP contribution in [0.5, 0.6) is 0 Å². The summed E-state index contributed by atoms with van der Waals surface area (Å²) in [7, 11) is 1.91. The molecule has 0 amide bonds. The van der Waals surface area contributed by atoms with Crippen molar-refractivity contribution in [3.8, 4) is 0 Å². The molecule has 0 unspecified atom stereocenters. The van der Waals surface area contributed by atoms with Crippen LogP contribution in [0.3, 0.4) is 0 Å². The van der Waals surface area contributed by atoms with E-state index >= 15 is 0 Å². The van der Waals surface area contributed by atoms with Crippen LogP contribution in [0.15, 0.2) is 12.5 Å². The summed E-state index contributed by atoms with van der Waals surface area (Å²) < 4.78 is 10.0. The van der Waals surface area contributed by atoms with Crippen molar-refractivity contribution in [1.29, 1.82) is 0 Å². The molecule has 0 atom stereocenters. The molecule has 0 bridgehead atoms. The van der Waals surface area contributed by atoms with Gasteiger partial charge in [-0.1, -0.05) is 0 Å². The van der Waals surface area contributed by atoms with E-state index < -0.39 is 0 Å². The normalized spacial score (nSPS) is 17.4. The van der Waals surface area contributed by atoms with E-state index in [2.05, 4.69) is 5.32 Å². The van der Waals surface area contributed by atoms with Gasteiger partial charge in [0, 0.05) is 13.0 Å². The molecule has 3 heteroatoms. The van der Waals surface area contributed by atoms with Gasteiger partial charge in [-0.2, -0.15) is 0 Å². The fraction of sp³-hybridized carbons (Fsp3) is 0.667. The first kappa shape index (κ1) is 6.42. The maximum atomic E-state index is 5.01. The Morgan fingerprint density at radius 2 is 2.11 bits per heavy atom. The van der Waals surface area contributed by atoms with Gasteiger partial charge in [0.25, 0.3) is 0 Å². The first-order chi connectivity index (χ1) is 4.43. The Morgan fingerprint density at radius 3 is 2.67 bits per heavy atom. The highest BCUT2D eigenvalue weighted by Crippen LogP contribution is 2.07. The zero-order valence-electron chi connectivity index (χ0n) is 5.46. The quantitative estimate of drug-likeness (QED) is 0.599. The second-order valence-corrected chi connectivity index (χ2v) is 1.87. The highest BCUT2D eigenvalue weighted by atomic mass is 16.7.